The lowest BCUT2D eigenvalue weighted by atomic mass is 10.0. The number of aromatic carboxylic acids is 1. The number of pyridine rings is 1. The van der Waals surface area contributed by atoms with Gasteiger partial charge >= 0.3 is 5.97 Å². The molecule has 0 aliphatic carbocycles. The standard InChI is InChI=1S/C15H15NO2/c1-3-13-8-9-14(10(2)16-13)11-4-6-12(7-5-11)15(17)18/h4-9H,3H2,1-2H3,(H,17,18). The summed E-state index contributed by atoms with van der Waals surface area (Å²) in [6.45, 7) is 4.04. The predicted octanol–water partition coefficient (Wildman–Crippen LogP) is 3.32. The number of nitrogens with zero attached hydrogens (tertiary/aromatic N) is 1. The normalized spacial score (nSPS) is 10.3. The molecule has 0 fully saturated rings. The molecular formula is C15H15NO2. The number of aromatic nitrogens is 1. The summed E-state index contributed by atoms with van der Waals surface area (Å²) >= 11 is 0. The third-order valence-electron chi connectivity index (χ3n) is 2.95. The summed E-state index contributed by atoms with van der Waals surface area (Å²) in [5.41, 5.74) is 4.38. The molecule has 1 N–H and O–H groups in total. The zero-order chi connectivity index (χ0) is 13.1. The van der Waals surface area contributed by atoms with E-state index in [1.807, 2.05) is 31.2 Å². The molecule has 2 rings (SSSR count). The van der Waals surface area contributed by atoms with Gasteiger partial charge in [0.2, 0.25) is 0 Å². The van der Waals surface area contributed by atoms with E-state index in [0.717, 1.165) is 28.9 Å². The fraction of sp³-hybridized carbons (Fsp3) is 0.200. The molecule has 0 amide bonds. The van der Waals surface area contributed by atoms with Crippen molar-refractivity contribution >= 4 is 5.97 Å². The van der Waals surface area contributed by atoms with Crippen molar-refractivity contribution in [2.75, 3.05) is 0 Å². The van der Waals surface area contributed by atoms with Crippen LogP contribution in [0, 0.1) is 6.92 Å². The third kappa shape index (κ3) is 2.40. The first kappa shape index (κ1) is 12.3. The van der Waals surface area contributed by atoms with Gasteiger partial charge < -0.3 is 5.11 Å². The van der Waals surface area contributed by atoms with Gasteiger partial charge in [-0.05, 0) is 37.1 Å². The van der Waals surface area contributed by atoms with Gasteiger partial charge in [0.05, 0.1) is 5.56 Å². The van der Waals surface area contributed by atoms with Crippen LogP contribution in [0.3, 0.4) is 0 Å². The van der Waals surface area contributed by atoms with Gasteiger partial charge in [0, 0.05) is 17.0 Å². The van der Waals surface area contributed by atoms with Gasteiger partial charge in [-0.1, -0.05) is 25.1 Å². The van der Waals surface area contributed by atoms with Gasteiger partial charge in [0.25, 0.3) is 0 Å². The number of carboxylic acids is 1. The Kier molecular flexibility index (Phi) is 3.42. The quantitative estimate of drug-likeness (QED) is 0.896. The molecule has 0 bridgehead atoms. The number of carbonyl (C=O) groups is 1. The van der Waals surface area contributed by atoms with E-state index in [1.54, 1.807) is 12.1 Å². The summed E-state index contributed by atoms with van der Waals surface area (Å²) in [6, 6.07) is 10.9. The molecule has 0 aliphatic heterocycles. The first-order valence-corrected chi connectivity index (χ1v) is 5.92. The summed E-state index contributed by atoms with van der Waals surface area (Å²) in [5, 5.41) is 8.86. The Labute approximate surface area is 106 Å². The largest absolute Gasteiger partial charge is 0.478 e. The topological polar surface area (TPSA) is 50.2 Å². The molecule has 3 nitrogen and oxygen atoms in total. The van der Waals surface area contributed by atoms with Crippen molar-refractivity contribution in [3.63, 3.8) is 0 Å². The molecule has 3 heteroatoms. The minimum atomic E-state index is -0.905. The van der Waals surface area contributed by atoms with Crippen molar-refractivity contribution in [1.82, 2.24) is 4.98 Å². The van der Waals surface area contributed by atoms with Crippen LogP contribution in [0.25, 0.3) is 11.1 Å². The Morgan fingerprint density at radius 1 is 1.17 bits per heavy atom. The number of carboxylic acid groups (broad SMARTS) is 1. The molecule has 18 heavy (non-hydrogen) atoms. The Morgan fingerprint density at radius 3 is 2.33 bits per heavy atom. The van der Waals surface area contributed by atoms with Crippen LogP contribution < -0.4 is 0 Å². The lowest BCUT2D eigenvalue weighted by Gasteiger charge is -2.07. The molecule has 0 aliphatic rings. The summed E-state index contributed by atoms with van der Waals surface area (Å²) in [7, 11) is 0. The predicted molar refractivity (Wildman–Crippen MR) is 70.7 cm³/mol. The molecule has 0 radical (unpaired) electrons. The molecular weight excluding hydrogens is 226 g/mol. The van der Waals surface area contributed by atoms with E-state index < -0.39 is 5.97 Å². The van der Waals surface area contributed by atoms with Gasteiger partial charge in [-0.25, -0.2) is 4.79 Å². The van der Waals surface area contributed by atoms with E-state index in [0.29, 0.717) is 5.56 Å². The highest BCUT2D eigenvalue weighted by Crippen LogP contribution is 2.23. The highest BCUT2D eigenvalue weighted by molar-refractivity contribution is 5.88. The molecule has 1 aromatic carbocycles. The van der Waals surface area contributed by atoms with E-state index >= 15 is 0 Å². The fourth-order valence-corrected chi connectivity index (χ4v) is 1.91. The number of rotatable bonds is 3. The maximum absolute atomic E-state index is 10.8. The number of benzene rings is 1. The number of aryl methyl sites for hydroxylation is 2. The number of hydrogen-bond donors (Lipinski definition) is 1. The van der Waals surface area contributed by atoms with Crippen molar-refractivity contribution in [3.05, 3.63) is 53.3 Å². The molecule has 1 aromatic heterocycles. The SMILES string of the molecule is CCc1ccc(-c2ccc(C(=O)O)cc2)c(C)n1. The van der Waals surface area contributed by atoms with Gasteiger partial charge in [-0.15, -0.1) is 0 Å². The molecule has 2 aromatic rings. The highest BCUT2D eigenvalue weighted by Gasteiger charge is 2.06. The van der Waals surface area contributed by atoms with Crippen molar-refractivity contribution in [2.24, 2.45) is 0 Å². The molecule has 0 saturated heterocycles. The molecule has 0 spiro atoms. The van der Waals surface area contributed by atoms with E-state index in [4.69, 9.17) is 5.11 Å². The first-order valence-electron chi connectivity index (χ1n) is 5.92. The van der Waals surface area contributed by atoms with E-state index in [2.05, 4.69) is 11.9 Å². The van der Waals surface area contributed by atoms with Gasteiger partial charge in [0.1, 0.15) is 0 Å². The Hall–Kier alpha value is -2.16. The van der Waals surface area contributed by atoms with Crippen molar-refractivity contribution in [2.45, 2.75) is 20.3 Å². The van der Waals surface area contributed by atoms with Crippen LogP contribution in [0.15, 0.2) is 36.4 Å². The molecule has 0 atom stereocenters. The zero-order valence-corrected chi connectivity index (χ0v) is 10.5. The van der Waals surface area contributed by atoms with E-state index in [9.17, 15) is 4.79 Å². The second-order valence-electron chi connectivity index (χ2n) is 4.17. The Bertz CT molecular complexity index is 574. The molecule has 0 saturated carbocycles. The minimum absolute atomic E-state index is 0.301. The molecule has 92 valence electrons. The van der Waals surface area contributed by atoms with Crippen LogP contribution in [-0.2, 0) is 6.42 Å². The van der Waals surface area contributed by atoms with Gasteiger partial charge in [-0.2, -0.15) is 0 Å². The average Bonchev–Trinajstić information content (AvgIpc) is 2.38. The van der Waals surface area contributed by atoms with Crippen LogP contribution in [-0.4, -0.2) is 16.1 Å². The van der Waals surface area contributed by atoms with Crippen LogP contribution >= 0.6 is 0 Å². The smallest absolute Gasteiger partial charge is 0.335 e. The van der Waals surface area contributed by atoms with Crippen LogP contribution in [0.5, 0.6) is 0 Å². The monoisotopic (exact) mass is 241 g/mol. The third-order valence-corrected chi connectivity index (χ3v) is 2.95. The Balaban J connectivity index is 2.39. The van der Waals surface area contributed by atoms with Crippen molar-refractivity contribution in [3.8, 4) is 11.1 Å². The summed E-state index contributed by atoms with van der Waals surface area (Å²) < 4.78 is 0. The molecule has 1 heterocycles. The van der Waals surface area contributed by atoms with E-state index in [1.165, 1.54) is 0 Å². The second-order valence-corrected chi connectivity index (χ2v) is 4.17. The average molecular weight is 241 g/mol. The van der Waals surface area contributed by atoms with Crippen molar-refractivity contribution < 1.29 is 9.90 Å². The molecule has 0 unspecified atom stereocenters. The van der Waals surface area contributed by atoms with Crippen LogP contribution in [0.2, 0.25) is 0 Å². The van der Waals surface area contributed by atoms with Crippen LogP contribution in [0.1, 0.15) is 28.7 Å². The Morgan fingerprint density at radius 2 is 1.83 bits per heavy atom. The minimum Gasteiger partial charge on any atom is -0.478 e. The maximum Gasteiger partial charge on any atom is 0.335 e. The van der Waals surface area contributed by atoms with E-state index in [-0.39, 0.29) is 0 Å². The fourth-order valence-electron chi connectivity index (χ4n) is 1.91. The summed E-state index contributed by atoms with van der Waals surface area (Å²) in [6.07, 6.45) is 0.916. The van der Waals surface area contributed by atoms with Gasteiger partial charge in [0.15, 0.2) is 0 Å². The summed E-state index contributed by atoms with van der Waals surface area (Å²) in [4.78, 5) is 15.3. The first-order chi connectivity index (χ1) is 8.61. The van der Waals surface area contributed by atoms with Crippen molar-refractivity contribution in [1.29, 1.82) is 0 Å². The zero-order valence-electron chi connectivity index (χ0n) is 10.5. The summed E-state index contributed by atoms with van der Waals surface area (Å²) in [5.74, 6) is -0.905. The number of hydrogen-bond acceptors (Lipinski definition) is 2. The van der Waals surface area contributed by atoms with Crippen LogP contribution in [0.4, 0.5) is 0 Å². The lowest BCUT2D eigenvalue weighted by molar-refractivity contribution is 0.0697. The van der Waals surface area contributed by atoms with Gasteiger partial charge in [-0.3, -0.25) is 4.98 Å². The maximum atomic E-state index is 10.8. The lowest BCUT2D eigenvalue weighted by Crippen LogP contribution is -1.96. The second kappa shape index (κ2) is 5.00. The highest BCUT2D eigenvalue weighted by atomic mass is 16.4.